The number of benzene rings is 1. The molecule has 4 aliphatic rings. The topological polar surface area (TPSA) is 90.0 Å². The van der Waals surface area contributed by atoms with Crippen molar-refractivity contribution in [2.45, 2.75) is 51.0 Å². The van der Waals surface area contributed by atoms with Gasteiger partial charge in [0.25, 0.3) is 11.8 Å². The van der Waals surface area contributed by atoms with Crippen LogP contribution in [0.25, 0.3) is 0 Å². The summed E-state index contributed by atoms with van der Waals surface area (Å²) in [4.78, 5) is 55.4. The van der Waals surface area contributed by atoms with Crippen molar-refractivity contribution in [3.05, 3.63) is 29.3 Å². The van der Waals surface area contributed by atoms with Crippen molar-refractivity contribution in [2.75, 3.05) is 38.1 Å². The Labute approximate surface area is 194 Å². The highest BCUT2D eigenvalue weighted by atomic mass is 16.2. The predicted molar refractivity (Wildman–Crippen MR) is 123 cm³/mol. The molecule has 3 fully saturated rings. The van der Waals surface area contributed by atoms with Gasteiger partial charge in [-0.3, -0.25) is 29.4 Å². The van der Waals surface area contributed by atoms with Gasteiger partial charge in [-0.25, -0.2) is 0 Å². The Hall–Kier alpha value is -2.74. The fourth-order valence-corrected chi connectivity index (χ4v) is 5.85. The number of likely N-dealkylation sites (tertiary alicyclic amines) is 1. The van der Waals surface area contributed by atoms with Crippen LogP contribution in [0.4, 0.5) is 5.69 Å². The van der Waals surface area contributed by atoms with E-state index >= 15 is 0 Å². The van der Waals surface area contributed by atoms with Crippen LogP contribution in [0.5, 0.6) is 0 Å². The second-order valence-electron chi connectivity index (χ2n) is 10.1. The summed E-state index contributed by atoms with van der Waals surface area (Å²) in [6, 6.07) is 4.50. The quantitative estimate of drug-likeness (QED) is 0.704. The first-order valence-electron chi connectivity index (χ1n) is 12.2. The van der Waals surface area contributed by atoms with Gasteiger partial charge in [-0.2, -0.15) is 0 Å². The molecular formula is C25H32N4O4. The summed E-state index contributed by atoms with van der Waals surface area (Å²) in [5, 5.41) is 2.24. The largest absolute Gasteiger partial charge is 0.371 e. The minimum atomic E-state index is -0.922. The highest BCUT2D eigenvalue weighted by Crippen LogP contribution is 2.34. The Morgan fingerprint density at radius 1 is 0.848 bits per heavy atom. The molecule has 8 nitrogen and oxygen atoms in total. The summed E-state index contributed by atoms with van der Waals surface area (Å²) in [6.07, 6.45) is 6.54. The highest BCUT2D eigenvalue weighted by molar-refractivity contribution is 6.23. The minimum Gasteiger partial charge on any atom is -0.371 e. The Morgan fingerprint density at radius 2 is 1.48 bits per heavy atom. The Balaban J connectivity index is 1.23. The van der Waals surface area contributed by atoms with E-state index in [4.69, 9.17) is 0 Å². The molecule has 0 radical (unpaired) electrons. The normalized spacial score (nSPS) is 25.5. The molecule has 0 saturated carbocycles. The molecule has 0 aliphatic carbocycles. The number of amides is 4. The van der Waals surface area contributed by atoms with E-state index in [9.17, 15) is 19.2 Å². The van der Waals surface area contributed by atoms with Crippen molar-refractivity contribution < 1.29 is 19.2 Å². The summed E-state index contributed by atoms with van der Waals surface area (Å²) in [5.74, 6) is -0.228. The molecule has 1 unspecified atom stereocenters. The van der Waals surface area contributed by atoms with Crippen molar-refractivity contribution in [3.63, 3.8) is 0 Å². The third-order valence-electron chi connectivity index (χ3n) is 7.91. The third kappa shape index (κ3) is 4.28. The van der Waals surface area contributed by atoms with E-state index in [0.29, 0.717) is 11.1 Å². The molecule has 1 N–H and O–H groups in total. The number of fused-ring (bicyclic) bond motifs is 1. The van der Waals surface area contributed by atoms with Crippen LogP contribution in [0, 0.1) is 11.8 Å². The molecular weight excluding hydrogens is 420 g/mol. The molecule has 1 aromatic carbocycles. The first kappa shape index (κ1) is 22.1. The lowest BCUT2D eigenvalue weighted by Crippen LogP contribution is -2.54. The van der Waals surface area contributed by atoms with Gasteiger partial charge in [-0.15, -0.1) is 0 Å². The average molecular weight is 453 g/mol. The maximum atomic E-state index is 13.1. The van der Waals surface area contributed by atoms with Crippen LogP contribution in [-0.2, 0) is 9.59 Å². The molecule has 176 valence electrons. The second-order valence-corrected chi connectivity index (χ2v) is 10.1. The molecule has 3 saturated heterocycles. The van der Waals surface area contributed by atoms with Gasteiger partial charge in [0, 0.05) is 25.2 Å². The van der Waals surface area contributed by atoms with Crippen LogP contribution in [-0.4, -0.2) is 72.7 Å². The maximum Gasteiger partial charge on any atom is 0.262 e. The maximum absolute atomic E-state index is 13.1. The molecule has 5 rings (SSSR count). The lowest BCUT2D eigenvalue weighted by atomic mass is 9.83. The van der Waals surface area contributed by atoms with E-state index in [1.807, 2.05) is 6.07 Å². The van der Waals surface area contributed by atoms with Crippen molar-refractivity contribution in [2.24, 2.45) is 11.8 Å². The van der Waals surface area contributed by atoms with Gasteiger partial charge in [0.05, 0.1) is 11.1 Å². The fraction of sp³-hybridized carbons (Fsp3) is 0.600. The predicted octanol–water partition coefficient (Wildman–Crippen LogP) is 2.04. The fourth-order valence-electron chi connectivity index (χ4n) is 5.85. The lowest BCUT2D eigenvalue weighted by molar-refractivity contribution is -0.136. The minimum absolute atomic E-state index is 0.127. The van der Waals surface area contributed by atoms with Gasteiger partial charge in [-0.1, -0.05) is 0 Å². The number of rotatable bonds is 4. The molecule has 0 aromatic heterocycles. The lowest BCUT2D eigenvalue weighted by Gasteiger charge is -2.37. The summed E-state index contributed by atoms with van der Waals surface area (Å²) in [6.45, 7) is 4.33. The van der Waals surface area contributed by atoms with Crippen molar-refractivity contribution in [3.8, 4) is 0 Å². The molecule has 1 atom stereocenters. The zero-order valence-corrected chi connectivity index (χ0v) is 19.2. The Morgan fingerprint density at radius 3 is 2.15 bits per heavy atom. The third-order valence-corrected chi connectivity index (χ3v) is 7.91. The first-order valence-corrected chi connectivity index (χ1v) is 12.2. The van der Waals surface area contributed by atoms with Crippen LogP contribution in [0.2, 0.25) is 0 Å². The van der Waals surface area contributed by atoms with Crippen LogP contribution in [0.3, 0.4) is 0 Å². The van der Waals surface area contributed by atoms with Crippen molar-refractivity contribution in [1.82, 2.24) is 15.1 Å². The van der Waals surface area contributed by atoms with Gasteiger partial charge < -0.3 is 9.80 Å². The Bertz CT molecular complexity index is 977. The van der Waals surface area contributed by atoms with Crippen LogP contribution in [0.1, 0.15) is 65.7 Å². The summed E-state index contributed by atoms with van der Waals surface area (Å²) < 4.78 is 0. The molecule has 0 spiro atoms. The molecule has 8 heteroatoms. The average Bonchev–Trinajstić information content (AvgIpc) is 3.06. The molecule has 4 amide bonds. The van der Waals surface area contributed by atoms with Crippen LogP contribution in [0.15, 0.2) is 18.2 Å². The zero-order valence-electron chi connectivity index (χ0n) is 19.2. The van der Waals surface area contributed by atoms with Crippen LogP contribution >= 0.6 is 0 Å². The van der Waals surface area contributed by atoms with Gasteiger partial charge in [0.1, 0.15) is 6.04 Å². The van der Waals surface area contributed by atoms with E-state index < -0.39 is 23.8 Å². The van der Waals surface area contributed by atoms with Crippen molar-refractivity contribution in [1.29, 1.82) is 0 Å². The SMILES string of the molecule is CN1CCC(CC2CCN(c3ccc4c(c3)C(=O)N(C3CCC(=O)NC3=O)C4=O)CC2)CC1. The molecule has 4 aliphatic heterocycles. The second kappa shape index (κ2) is 8.89. The number of hydrogen-bond acceptors (Lipinski definition) is 6. The van der Waals surface area contributed by atoms with Gasteiger partial charge >= 0.3 is 0 Å². The number of hydrogen-bond donors (Lipinski definition) is 1. The van der Waals surface area contributed by atoms with Gasteiger partial charge in [0.2, 0.25) is 11.8 Å². The van der Waals surface area contributed by atoms with Crippen LogP contribution < -0.4 is 10.2 Å². The molecule has 1 aromatic rings. The van der Waals surface area contributed by atoms with E-state index in [2.05, 4.69) is 22.2 Å². The number of nitrogens with zero attached hydrogens (tertiary/aromatic N) is 3. The number of piperidine rings is 3. The first-order chi connectivity index (χ1) is 15.9. The molecule has 33 heavy (non-hydrogen) atoms. The van der Waals surface area contributed by atoms with Crippen molar-refractivity contribution >= 4 is 29.3 Å². The number of carbonyl (C=O) groups is 4. The zero-order chi connectivity index (χ0) is 23.1. The van der Waals surface area contributed by atoms with Gasteiger partial charge in [0.15, 0.2) is 0 Å². The van der Waals surface area contributed by atoms with E-state index in [1.54, 1.807) is 12.1 Å². The standard InChI is InChI=1S/C25H32N4O4/c1-27-10-6-16(7-11-27)14-17-8-12-28(13-9-17)18-2-3-19-20(15-18)25(33)29(24(19)32)21-4-5-22(30)26-23(21)31/h2-3,15-17,21H,4-14H2,1H3,(H,26,30,31). The summed E-state index contributed by atoms with van der Waals surface area (Å²) in [5.41, 5.74) is 1.65. The number of nitrogens with one attached hydrogen (secondary N) is 1. The summed E-state index contributed by atoms with van der Waals surface area (Å²) >= 11 is 0. The molecule has 4 heterocycles. The smallest absolute Gasteiger partial charge is 0.262 e. The summed E-state index contributed by atoms with van der Waals surface area (Å²) in [7, 11) is 2.20. The number of carbonyl (C=O) groups excluding carboxylic acids is 4. The van der Waals surface area contributed by atoms with Gasteiger partial charge in [-0.05, 0) is 88.7 Å². The molecule has 0 bridgehead atoms. The van der Waals surface area contributed by atoms with E-state index in [1.165, 1.54) is 32.4 Å². The number of anilines is 1. The monoisotopic (exact) mass is 452 g/mol. The number of imide groups is 2. The highest BCUT2D eigenvalue weighted by Gasteiger charge is 2.44. The van der Waals surface area contributed by atoms with E-state index in [-0.39, 0.29) is 18.7 Å². The Kier molecular flexibility index (Phi) is 5.95. The van der Waals surface area contributed by atoms with E-state index in [0.717, 1.165) is 48.4 Å².